The van der Waals surface area contributed by atoms with Crippen molar-refractivity contribution in [3.63, 3.8) is 0 Å². The first-order chi connectivity index (χ1) is 11.0. The number of rotatable bonds is 5. The number of hydrogen-bond acceptors (Lipinski definition) is 5. The molecule has 1 atom stereocenters. The zero-order valence-corrected chi connectivity index (χ0v) is 14.1. The van der Waals surface area contributed by atoms with Gasteiger partial charge in [0.1, 0.15) is 9.96 Å². The first kappa shape index (κ1) is 16.0. The van der Waals surface area contributed by atoms with Gasteiger partial charge in [0.25, 0.3) is 5.91 Å². The molecule has 1 aromatic carbocycles. The van der Waals surface area contributed by atoms with Crippen LogP contribution in [0.15, 0.2) is 46.0 Å². The summed E-state index contributed by atoms with van der Waals surface area (Å²) in [7, 11) is -1.83. The number of ether oxygens (including phenoxy) is 1. The maximum absolute atomic E-state index is 12.3. The molecule has 23 heavy (non-hydrogen) atoms. The van der Waals surface area contributed by atoms with Crippen molar-refractivity contribution in [2.45, 2.75) is 16.7 Å². The predicted molar refractivity (Wildman–Crippen MR) is 88.4 cm³/mol. The number of amides is 1. The number of likely N-dealkylation sites (N-methyl/N-ethyl adjacent to an activating group) is 1. The third-order valence-electron chi connectivity index (χ3n) is 3.56. The van der Waals surface area contributed by atoms with Crippen LogP contribution in [0.2, 0.25) is 0 Å². The molecule has 0 radical (unpaired) electrons. The molecule has 0 saturated carbocycles. The second kappa shape index (κ2) is 6.31. The second-order valence-electron chi connectivity index (χ2n) is 5.09. The lowest BCUT2D eigenvalue weighted by atomic mass is 10.1. The van der Waals surface area contributed by atoms with E-state index in [0.29, 0.717) is 11.4 Å². The topological polar surface area (TPSA) is 75.7 Å². The summed E-state index contributed by atoms with van der Waals surface area (Å²) in [4.78, 5) is 13.8. The van der Waals surface area contributed by atoms with Gasteiger partial charge in [-0.05, 0) is 23.6 Å². The molecule has 8 heteroatoms. The van der Waals surface area contributed by atoms with Crippen molar-refractivity contribution >= 4 is 33.0 Å². The van der Waals surface area contributed by atoms with E-state index in [1.165, 1.54) is 4.90 Å². The van der Waals surface area contributed by atoms with Crippen molar-refractivity contribution < 1.29 is 17.9 Å². The molecule has 0 aliphatic carbocycles. The summed E-state index contributed by atoms with van der Waals surface area (Å²) < 4.78 is 32.5. The first-order valence-corrected chi connectivity index (χ1v) is 9.42. The summed E-state index contributed by atoms with van der Waals surface area (Å²) in [6.07, 6.45) is -0.428. The van der Waals surface area contributed by atoms with Gasteiger partial charge in [-0.1, -0.05) is 18.2 Å². The van der Waals surface area contributed by atoms with Gasteiger partial charge in [0.2, 0.25) is 10.0 Å². The van der Waals surface area contributed by atoms with E-state index in [4.69, 9.17) is 4.74 Å². The zero-order chi connectivity index (χ0) is 16.4. The summed E-state index contributed by atoms with van der Waals surface area (Å²) in [5.74, 6) is 0.444. The number of para-hydroxylation sites is 2. The predicted octanol–water partition coefficient (Wildman–Crippen LogP) is 1.84. The molecular formula is C15H16N2O4S2. The molecule has 1 aliphatic rings. The molecule has 1 N–H and O–H groups in total. The Bertz CT molecular complexity index is 803. The Morgan fingerprint density at radius 3 is 2.78 bits per heavy atom. The molecule has 1 unspecified atom stereocenters. The van der Waals surface area contributed by atoms with Crippen LogP contribution >= 0.6 is 11.3 Å². The molecular weight excluding hydrogens is 336 g/mol. The Morgan fingerprint density at radius 2 is 2.04 bits per heavy atom. The van der Waals surface area contributed by atoms with Crippen LogP contribution in [0.3, 0.4) is 0 Å². The minimum atomic E-state index is -3.52. The van der Waals surface area contributed by atoms with Gasteiger partial charge in [0, 0.05) is 20.0 Å². The second-order valence-corrected chi connectivity index (χ2v) is 8.03. The number of nitrogens with one attached hydrogen (secondary N) is 1. The van der Waals surface area contributed by atoms with E-state index >= 15 is 0 Å². The fourth-order valence-electron chi connectivity index (χ4n) is 2.37. The van der Waals surface area contributed by atoms with Crippen molar-refractivity contribution in [2.24, 2.45) is 0 Å². The van der Waals surface area contributed by atoms with Crippen molar-refractivity contribution in [3.05, 3.63) is 41.8 Å². The highest BCUT2D eigenvalue weighted by molar-refractivity contribution is 7.91. The van der Waals surface area contributed by atoms with Crippen molar-refractivity contribution in [2.75, 3.05) is 18.5 Å². The third-order valence-corrected chi connectivity index (χ3v) is 6.42. The Hall–Kier alpha value is -1.90. The Labute approximate surface area is 138 Å². The summed E-state index contributed by atoms with van der Waals surface area (Å²) in [6.45, 7) is 0.132. The fraction of sp³-hybridized carbons (Fsp3) is 0.267. The monoisotopic (exact) mass is 352 g/mol. The minimum absolute atomic E-state index is 0.132. The quantitative estimate of drug-likeness (QED) is 0.891. The van der Waals surface area contributed by atoms with E-state index < -0.39 is 16.1 Å². The summed E-state index contributed by atoms with van der Waals surface area (Å²) >= 11 is 1.15. The fourth-order valence-corrected chi connectivity index (χ4v) is 4.45. The number of hydrogen-bond donors (Lipinski definition) is 1. The van der Waals surface area contributed by atoms with E-state index in [9.17, 15) is 13.2 Å². The molecule has 2 heterocycles. The number of benzene rings is 1. The van der Waals surface area contributed by atoms with Crippen LogP contribution < -0.4 is 14.4 Å². The third kappa shape index (κ3) is 3.24. The van der Waals surface area contributed by atoms with E-state index in [0.717, 1.165) is 11.3 Å². The van der Waals surface area contributed by atoms with Gasteiger partial charge < -0.3 is 9.64 Å². The highest BCUT2D eigenvalue weighted by Gasteiger charge is 2.31. The largest absolute Gasteiger partial charge is 0.478 e. The van der Waals surface area contributed by atoms with Gasteiger partial charge in [-0.25, -0.2) is 13.1 Å². The SMILES string of the molecule is CN1C(=O)C(CCNS(=O)(=O)c2cccs2)Oc2ccccc21. The van der Waals surface area contributed by atoms with Gasteiger partial charge in [-0.2, -0.15) is 0 Å². The Balaban J connectivity index is 1.64. The molecule has 1 aliphatic heterocycles. The van der Waals surface area contributed by atoms with Crippen molar-refractivity contribution in [1.82, 2.24) is 4.72 Å². The Kier molecular flexibility index (Phi) is 4.38. The zero-order valence-electron chi connectivity index (χ0n) is 12.4. The molecule has 122 valence electrons. The van der Waals surface area contributed by atoms with Gasteiger partial charge in [0.05, 0.1) is 5.69 Å². The molecule has 0 saturated heterocycles. The number of anilines is 1. The van der Waals surface area contributed by atoms with Crippen molar-refractivity contribution in [1.29, 1.82) is 0 Å². The van der Waals surface area contributed by atoms with Crippen LogP contribution in [-0.2, 0) is 14.8 Å². The molecule has 0 spiro atoms. The highest BCUT2D eigenvalue weighted by Crippen LogP contribution is 2.33. The number of carbonyl (C=O) groups is 1. The van der Waals surface area contributed by atoms with Gasteiger partial charge in [-0.15, -0.1) is 11.3 Å². The molecule has 1 amide bonds. The standard InChI is InChI=1S/C15H16N2O4S2/c1-17-11-5-2-3-6-12(11)21-13(15(17)18)8-9-16-23(19,20)14-7-4-10-22-14/h2-7,10,13,16H,8-9H2,1H3. The summed E-state index contributed by atoms with van der Waals surface area (Å²) in [6, 6.07) is 10.5. The van der Waals surface area contributed by atoms with Crippen LogP contribution in [0.1, 0.15) is 6.42 Å². The lowest BCUT2D eigenvalue weighted by molar-refractivity contribution is -0.126. The number of carbonyl (C=O) groups excluding carboxylic acids is 1. The average molecular weight is 352 g/mol. The van der Waals surface area contributed by atoms with Crippen LogP contribution in [0, 0.1) is 0 Å². The first-order valence-electron chi connectivity index (χ1n) is 7.05. The number of fused-ring (bicyclic) bond motifs is 1. The smallest absolute Gasteiger partial charge is 0.267 e. The van der Waals surface area contributed by atoms with E-state index in [2.05, 4.69) is 4.72 Å². The molecule has 3 rings (SSSR count). The average Bonchev–Trinajstić information content (AvgIpc) is 3.07. The minimum Gasteiger partial charge on any atom is -0.478 e. The molecule has 6 nitrogen and oxygen atoms in total. The maximum Gasteiger partial charge on any atom is 0.267 e. The lowest BCUT2D eigenvalue weighted by Crippen LogP contribution is -2.45. The van der Waals surface area contributed by atoms with Crippen LogP contribution in [0.4, 0.5) is 5.69 Å². The molecule has 1 aromatic heterocycles. The van der Waals surface area contributed by atoms with Gasteiger partial charge in [0.15, 0.2) is 6.10 Å². The summed E-state index contributed by atoms with van der Waals surface area (Å²) in [5.41, 5.74) is 0.716. The van der Waals surface area contributed by atoms with E-state index in [1.807, 2.05) is 18.2 Å². The molecule has 0 fully saturated rings. The normalized spacial score (nSPS) is 17.7. The maximum atomic E-state index is 12.3. The number of sulfonamides is 1. The summed E-state index contributed by atoms with van der Waals surface area (Å²) in [5, 5.41) is 1.70. The Morgan fingerprint density at radius 1 is 1.26 bits per heavy atom. The molecule has 0 bridgehead atoms. The van der Waals surface area contributed by atoms with Crippen LogP contribution in [0.25, 0.3) is 0 Å². The van der Waals surface area contributed by atoms with E-state index in [-0.39, 0.29) is 23.1 Å². The van der Waals surface area contributed by atoms with Gasteiger partial charge >= 0.3 is 0 Å². The van der Waals surface area contributed by atoms with E-state index in [1.54, 1.807) is 30.6 Å². The molecule has 2 aromatic rings. The highest BCUT2D eigenvalue weighted by atomic mass is 32.2. The van der Waals surface area contributed by atoms with Crippen LogP contribution in [-0.4, -0.2) is 34.0 Å². The number of nitrogens with zero attached hydrogens (tertiary/aromatic N) is 1. The van der Waals surface area contributed by atoms with Crippen molar-refractivity contribution in [3.8, 4) is 5.75 Å². The number of thiophene rings is 1. The van der Waals surface area contributed by atoms with Crippen LogP contribution in [0.5, 0.6) is 5.75 Å². The lowest BCUT2D eigenvalue weighted by Gasteiger charge is -2.31. The van der Waals surface area contributed by atoms with Gasteiger partial charge in [-0.3, -0.25) is 4.79 Å².